The molecule has 0 radical (unpaired) electrons. The number of aliphatic carboxylic acids is 1. The number of aryl methyl sites for hydroxylation is 1. The number of carbonyl (C=O) groups is 2. The van der Waals surface area contributed by atoms with E-state index in [0.717, 1.165) is 16.9 Å². The number of benzene rings is 1. The molecule has 1 aromatic rings. The standard InChI is InChI=1S/C16H23NO4/c1-10(2)15(16(19)20)17-14(18)8-9-21-13-7-5-6-11(3)12(13)4/h5-7,10,15H,8-9H2,1-4H3,(H,17,18)(H,19,20)/t15-/m1/s1. The molecule has 0 aliphatic rings. The van der Waals surface area contributed by atoms with Crippen molar-refractivity contribution in [3.8, 4) is 5.75 Å². The van der Waals surface area contributed by atoms with Crippen molar-refractivity contribution < 1.29 is 19.4 Å². The molecule has 0 spiro atoms. The third kappa shape index (κ3) is 5.10. The van der Waals surface area contributed by atoms with Crippen molar-refractivity contribution >= 4 is 11.9 Å². The summed E-state index contributed by atoms with van der Waals surface area (Å²) >= 11 is 0. The maximum absolute atomic E-state index is 11.7. The molecule has 0 unspecified atom stereocenters. The first-order valence-corrected chi connectivity index (χ1v) is 7.04. The van der Waals surface area contributed by atoms with Crippen LogP contribution in [0.5, 0.6) is 5.75 Å². The molecule has 0 bridgehead atoms. The van der Waals surface area contributed by atoms with Crippen LogP contribution in [0.1, 0.15) is 31.4 Å². The number of carbonyl (C=O) groups excluding carboxylic acids is 1. The van der Waals surface area contributed by atoms with Crippen LogP contribution in [-0.4, -0.2) is 29.6 Å². The second kappa shape index (κ2) is 7.67. The van der Waals surface area contributed by atoms with Gasteiger partial charge in [-0.05, 0) is 37.0 Å². The average Bonchev–Trinajstić information content (AvgIpc) is 2.40. The molecule has 0 aromatic heterocycles. The normalized spacial score (nSPS) is 12.0. The summed E-state index contributed by atoms with van der Waals surface area (Å²) in [7, 11) is 0. The predicted octanol–water partition coefficient (Wildman–Crippen LogP) is 2.30. The lowest BCUT2D eigenvalue weighted by Crippen LogP contribution is -2.44. The van der Waals surface area contributed by atoms with E-state index in [-0.39, 0.29) is 24.9 Å². The van der Waals surface area contributed by atoms with Crippen LogP contribution in [0.25, 0.3) is 0 Å². The Morgan fingerprint density at radius 2 is 1.95 bits per heavy atom. The third-order valence-corrected chi connectivity index (χ3v) is 3.39. The molecular formula is C16H23NO4. The Bertz CT molecular complexity index is 511. The summed E-state index contributed by atoms with van der Waals surface area (Å²) in [6, 6.07) is 4.89. The summed E-state index contributed by atoms with van der Waals surface area (Å²) < 4.78 is 5.58. The van der Waals surface area contributed by atoms with Crippen LogP contribution < -0.4 is 10.1 Å². The lowest BCUT2D eigenvalue weighted by Gasteiger charge is -2.18. The highest BCUT2D eigenvalue weighted by atomic mass is 16.5. The SMILES string of the molecule is Cc1cccc(OCCC(=O)N[C@@H](C(=O)O)C(C)C)c1C. The minimum absolute atomic E-state index is 0.129. The number of hydrogen-bond acceptors (Lipinski definition) is 3. The van der Waals surface area contributed by atoms with Crippen LogP contribution in [-0.2, 0) is 9.59 Å². The fourth-order valence-electron chi connectivity index (χ4n) is 1.89. The Balaban J connectivity index is 2.47. The maximum atomic E-state index is 11.7. The van der Waals surface area contributed by atoms with E-state index in [1.54, 1.807) is 13.8 Å². The summed E-state index contributed by atoms with van der Waals surface area (Å²) in [6.45, 7) is 7.69. The molecule has 0 aliphatic heterocycles. The van der Waals surface area contributed by atoms with Gasteiger partial charge >= 0.3 is 5.97 Å². The molecule has 0 saturated carbocycles. The van der Waals surface area contributed by atoms with Crippen LogP contribution >= 0.6 is 0 Å². The lowest BCUT2D eigenvalue weighted by molar-refractivity contribution is -0.143. The number of hydrogen-bond donors (Lipinski definition) is 2. The van der Waals surface area contributed by atoms with Crippen molar-refractivity contribution in [2.75, 3.05) is 6.61 Å². The van der Waals surface area contributed by atoms with Crippen molar-refractivity contribution in [2.45, 2.75) is 40.2 Å². The quantitative estimate of drug-likeness (QED) is 0.809. The zero-order valence-electron chi connectivity index (χ0n) is 13.0. The van der Waals surface area contributed by atoms with Crippen LogP contribution in [0, 0.1) is 19.8 Å². The second-order valence-corrected chi connectivity index (χ2v) is 5.42. The smallest absolute Gasteiger partial charge is 0.326 e. The number of nitrogens with one attached hydrogen (secondary N) is 1. The molecule has 5 heteroatoms. The van der Waals surface area contributed by atoms with E-state index in [2.05, 4.69) is 5.32 Å². The minimum atomic E-state index is -1.02. The van der Waals surface area contributed by atoms with E-state index >= 15 is 0 Å². The van der Waals surface area contributed by atoms with E-state index in [1.165, 1.54) is 0 Å². The fraction of sp³-hybridized carbons (Fsp3) is 0.500. The molecule has 1 atom stereocenters. The number of carboxylic acids is 1. The first kappa shape index (κ1) is 17.0. The highest BCUT2D eigenvalue weighted by Gasteiger charge is 2.23. The van der Waals surface area contributed by atoms with E-state index in [9.17, 15) is 9.59 Å². The topological polar surface area (TPSA) is 75.6 Å². The molecule has 0 saturated heterocycles. The first-order valence-electron chi connectivity index (χ1n) is 7.04. The molecule has 1 aromatic carbocycles. The molecule has 1 amide bonds. The van der Waals surface area contributed by atoms with Crippen LogP contribution in [0.15, 0.2) is 18.2 Å². The Morgan fingerprint density at radius 1 is 1.29 bits per heavy atom. The Kier molecular flexibility index (Phi) is 6.21. The Hall–Kier alpha value is -2.04. The van der Waals surface area contributed by atoms with Gasteiger partial charge in [0.15, 0.2) is 0 Å². The van der Waals surface area contributed by atoms with Gasteiger partial charge in [-0.2, -0.15) is 0 Å². The molecule has 0 aliphatic carbocycles. The van der Waals surface area contributed by atoms with Crippen LogP contribution in [0.2, 0.25) is 0 Å². The number of ether oxygens (including phenoxy) is 1. The molecule has 5 nitrogen and oxygen atoms in total. The second-order valence-electron chi connectivity index (χ2n) is 5.42. The molecule has 0 heterocycles. The summed E-state index contributed by atoms with van der Waals surface area (Å²) in [5.41, 5.74) is 2.17. The average molecular weight is 293 g/mol. The number of rotatable bonds is 7. The Labute approximate surface area is 125 Å². The minimum Gasteiger partial charge on any atom is -0.493 e. The molecule has 2 N–H and O–H groups in total. The fourth-order valence-corrected chi connectivity index (χ4v) is 1.89. The number of carboxylic acid groups (broad SMARTS) is 1. The van der Waals surface area contributed by atoms with Gasteiger partial charge < -0.3 is 15.2 Å². The third-order valence-electron chi connectivity index (χ3n) is 3.39. The van der Waals surface area contributed by atoms with Crippen molar-refractivity contribution in [3.05, 3.63) is 29.3 Å². The van der Waals surface area contributed by atoms with Gasteiger partial charge in [-0.1, -0.05) is 26.0 Å². The lowest BCUT2D eigenvalue weighted by atomic mass is 10.0. The Morgan fingerprint density at radius 3 is 2.52 bits per heavy atom. The van der Waals surface area contributed by atoms with Gasteiger partial charge in [-0.15, -0.1) is 0 Å². The zero-order chi connectivity index (χ0) is 16.0. The van der Waals surface area contributed by atoms with Crippen molar-refractivity contribution in [1.82, 2.24) is 5.32 Å². The highest BCUT2D eigenvalue weighted by Crippen LogP contribution is 2.20. The van der Waals surface area contributed by atoms with Gasteiger partial charge in [0.2, 0.25) is 5.91 Å². The van der Waals surface area contributed by atoms with Crippen LogP contribution in [0.3, 0.4) is 0 Å². The monoisotopic (exact) mass is 293 g/mol. The molecule has 116 valence electrons. The van der Waals surface area contributed by atoms with E-state index in [4.69, 9.17) is 9.84 Å². The summed E-state index contributed by atoms with van der Waals surface area (Å²) in [5.74, 6) is -0.747. The first-order chi connectivity index (χ1) is 9.82. The van der Waals surface area contributed by atoms with E-state index in [0.29, 0.717) is 0 Å². The van der Waals surface area contributed by atoms with Gasteiger partial charge in [0, 0.05) is 0 Å². The van der Waals surface area contributed by atoms with Gasteiger partial charge in [-0.25, -0.2) is 4.79 Å². The van der Waals surface area contributed by atoms with Gasteiger partial charge in [0.05, 0.1) is 13.0 Å². The zero-order valence-corrected chi connectivity index (χ0v) is 13.0. The largest absolute Gasteiger partial charge is 0.493 e. The van der Waals surface area contributed by atoms with E-state index < -0.39 is 12.0 Å². The molecule has 1 rings (SSSR count). The van der Waals surface area contributed by atoms with E-state index in [1.807, 2.05) is 32.0 Å². The summed E-state index contributed by atoms with van der Waals surface area (Å²) in [5, 5.41) is 11.5. The molecule has 0 fully saturated rings. The van der Waals surface area contributed by atoms with Gasteiger partial charge in [-0.3, -0.25) is 4.79 Å². The van der Waals surface area contributed by atoms with Crippen molar-refractivity contribution in [1.29, 1.82) is 0 Å². The predicted molar refractivity (Wildman–Crippen MR) is 80.4 cm³/mol. The molecular weight excluding hydrogens is 270 g/mol. The highest BCUT2D eigenvalue weighted by molar-refractivity contribution is 5.83. The van der Waals surface area contributed by atoms with Gasteiger partial charge in [0.1, 0.15) is 11.8 Å². The van der Waals surface area contributed by atoms with Crippen molar-refractivity contribution in [3.63, 3.8) is 0 Å². The maximum Gasteiger partial charge on any atom is 0.326 e. The van der Waals surface area contributed by atoms with Gasteiger partial charge in [0.25, 0.3) is 0 Å². The summed E-state index contributed by atoms with van der Waals surface area (Å²) in [6.07, 6.45) is 0.129. The summed E-state index contributed by atoms with van der Waals surface area (Å²) in [4.78, 5) is 22.8. The van der Waals surface area contributed by atoms with Crippen molar-refractivity contribution in [2.24, 2.45) is 5.92 Å². The van der Waals surface area contributed by atoms with Crippen LogP contribution in [0.4, 0.5) is 0 Å². The number of amides is 1. The molecule has 21 heavy (non-hydrogen) atoms.